The number of likely N-dealkylation sites (tertiary alicyclic amines) is 1. The predicted octanol–water partition coefficient (Wildman–Crippen LogP) is 3.17. The van der Waals surface area contributed by atoms with E-state index in [1.54, 1.807) is 24.8 Å². The Balaban J connectivity index is 1.71. The molecule has 2 aliphatic heterocycles. The highest BCUT2D eigenvalue weighted by atomic mass is 35.5. The maximum absolute atomic E-state index is 13.3. The van der Waals surface area contributed by atoms with Crippen molar-refractivity contribution in [3.63, 3.8) is 0 Å². The van der Waals surface area contributed by atoms with Crippen molar-refractivity contribution in [3.8, 4) is 17.6 Å². The summed E-state index contributed by atoms with van der Waals surface area (Å²) in [6.07, 6.45) is 1.13. The van der Waals surface area contributed by atoms with E-state index in [0.29, 0.717) is 29.8 Å². The SMILES string of the molecule is CC[C@H](C)[C@](C)(NC(=O)N1C[C@H]2CC1c1c(O)n(-c3ccc(C#N)c(Cl)c3C)c(=O)n12)C(=O)OC. The molecule has 2 N–H and O–H groups in total. The number of hydrogen-bond donors (Lipinski definition) is 2. The topological polar surface area (TPSA) is 130 Å². The molecule has 2 aliphatic rings. The van der Waals surface area contributed by atoms with Crippen LogP contribution in [-0.2, 0) is 9.53 Å². The number of nitrogens with zero attached hydrogens (tertiary/aromatic N) is 4. The molecular weight excluding hydrogens is 474 g/mol. The molecule has 2 aromatic rings. The van der Waals surface area contributed by atoms with E-state index in [2.05, 4.69) is 5.32 Å². The molecule has 1 fully saturated rings. The fraction of sp³-hybridized carbons (Fsp3) is 0.500. The first kappa shape index (κ1) is 24.7. The van der Waals surface area contributed by atoms with E-state index in [4.69, 9.17) is 16.3 Å². The number of hydrogen-bond acceptors (Lipinski definition) is 6. The standard InChI is InChI=1S/C24H28ClN5O5/c1-6-12(2)24(4,21(32)35-5)27-22(33)28-11-15-9-17(28)19-20(31)30(23(34)29(15)19)16-8-7-14(10-26)18(25)13(16)3/h7-8,12,15,17,31H,6,9,11H2,1-5H3,(H,27,33)/t12-,15+,17?,24-/m0/s1. The smallest absolute Gasteiger partial charge is 0.336 e. The molecule has 3 heterocycles. The van der Waals surface area contributed by atoms with Crippen molar-refractivity contribution in [2.24, 2.45) is 5.92 Å². The minimum absolute atomic E-state index is 0.185. The number of fused-ring (bicyclic) bond motifs is 5. The molecule has 0 saturated carbocycles. The molecule has 11 heteroatoms. The van der Waals surface area contributed by atoms with Gasteiger partial charge in [-0.15, -0.1) is 0 Å². The molecule has 1 aromatic heterocycles. The number of rotatable bonds is 5. The maximum Gasteiger partial charge on any atom is 0.336 e. The van der Waals surface area contributed by atoms with Crippen LogP contribution in [0, 0.1) is 24.2 Å². The highest BCUT2D eigenvalue weighted by molar-refractivity contribution is 6.32. The Morgan fingerprint density at radius 3 is 2.71 bits per heavy atom. The van der Waals surface area contributed by atoms with Gasteiger partial charge in [0.15, 0.2) is 0 Å². The van der Waals surface area contributed by atoms with Crippen LogP contribution >= 0.6 is 11.6 Å². The van der Waals surface area contributed by atoms with E-state index in [1.807, 2.05) is 19.9 Å². The summed E-state index contributed by atoms with van der Waals surface area (Å²) in [5.74, 6) is -0.999. The molecule has 1 aromatic carbocycles. The summed E-state index contributed by atoms with van der Waals surface area (Å²) < 4.78 is 7.63. The summed E-state index contributed by atoms with van der Waals surface area (Å²) in [7, 11) is 1.28. The monoisotopic (exact) mass is 501 g/mol. The first-order chi connectivity index (χ1) is 16.5. The lowest BCUT2D eigenvalue weighted by Gasteiger charge is -2.36. The van der Waals surface area contributed by atoms with Gasteiger partial charge in [0.2, 0.25) is 5.88 Å². The number of urea groups is 1. The van der Waals surface area contributed by atoms with Crippen LogP contribution in [0.5, 0.6) is 5.88 Å². The van der Waals surface area contributed by atoms with Gasteiger partial charge in [-0.3, -0.25) is 4.57 Å². The number of nitrogens with one attached hydrogen (secondary N) is 1. The van der Waals surface area contributed by atoms with Gasteiger partial charge in [-0.1, -0.05) is 31.9 Å². The van der Waals surface area contributed by atoms with E-state index in [9.17, 15) is 24.8 Å². The first-order valence-corrected chi connectivity index (χ1v) is 11.8. The van der Waals surface area contributed by atoms with Crippen LogP contribution < -0.4 is 11.0 Å². The normalized spacial score (nSPS) is 20.7. The molecule has 4 rings (SSSR count). The predicted molar refractivity (Wildman–Crippen MR) is 128 cm³/mol. The second-order valence-electron chi connectivity index (χ2n) is 9.37. The van der Waals surface area contributed by atoms with Crippen LogP contribution in [0.2, 0.25) is 5.02 Å². The molecule has 1 saturated heterocycles. The summed E-state index contributed by atoms with van der Waals surface area (Å²) >= 11 is 6.29. The number of imidazole rings is 1. The van der Waals surface area contributed by atoms with E-state index < -0.39 is 29.3 Å². The zero-order valence-electron chi connectivity index (χ0n) is 20.3. The third kappa shape index (κ3) is 3.48. The summed E-state index contributed by atoms with van der Waals surface area (Å²) in [5.41, 5.74) is -0.213. The van der Waals surface area contributed by atoms with E-state index in [-0.39, 0.29) is 35.0 Å². The third-order valence-corrected chi connectivity index (χ3v) is 8.10. The second-order valence-corrected chi connectivity index (χ2v) is 9.75. The van der Waals surface area contributed by atoms with Crippen LogP contribution in [0.15, 0.2) is 16.9 Å². The van der Waals surface area contributed by atoms with Gasteiger partial charge in [0.25, 0.3) is 0 Å². The van der Waals surface area contributed by atoms with Gasteiger partial charge < -0.3 is 20.1 Å². The number of esters is 1. The summed E-state index contributed by atoms with van der Waals surface area (Å²) in [6.45, 7) is 7.36. The number of benzene rings is 1. The molecule has 4 atom stereocenters. The third-order valence-electron chi connectivity index (χ3n) is 7.61. The number of nitriles is 1. The molecule has 2 bridgehead atoms. The van der Waals surface area contributed by atoms with Crippen LogP contribution in [0.4, 0.5) is 4.79 Å². The molecule has 35 heavy (non-hydrogen) atoms. The average Bonchev–Trinajstić information content (AvgIpc) is 3.51. The van der Waals surface area contributed by atoms with E-state index >= 15 is 0 Å². The van der Waals surface area contributed by atoms with Crippen LogP contribution in [0.1, 0.15) is 62.5 Å². The van der Waals surface area contributed by atoms with Crippen LogP contribution in [0.3, 0.4) is 0 Å². The van der Waals surface area contributed by atoms with Gasteiger partial charge in [0, 0.05) is 6.54 Å². The fourth-order valence-electron chi connectivity index (χ4n) is 5.18. The minimum atomic E-state index is -1.23. The molecule has 1 unspecified atom stereocenters. The van der Waals surface area contributed by atoms with Gasteiger partial charge in [0.05, 0.1) is 35.5 Å². The highest BCUT2D eigenvalue weighted by Crippen LogP contribution is 2.49. The minimum Gasteiger partial charge on any atom is -0.493 e. The van der Waals surface area contributed by atoms with Crippen molar-refractivity contribution < 1.29 is 19.4 Å². The average molecular weight is 502 g/mol. The maximum atomic E-state index is 13.3. The van der Waals surface area contributed by atoms with Crippen LogP contribution in [-0.4, -0.2) is 50.3 Å². The molecular formula is C24H28ClN5O5. The Morgan fingerprint density at radius 2 is 2.11 bits per heavy atom. The number of amides is 2. The molecule has 186 valence electrons. The second kappa shape index (κ2) is 8.64. The van der Waals surface area contributed by atoms with Crippen molar-refractivity contribution in [2.75, 3.05) is 13.7 Å². The van der Waals surface area contributed by atoms with Crippen molar-refractivity contribution >= 4 is 23.6 Å². The Kier molecular flexibility index (Phi) is 6.09. The van der Waals surface area contributed by atoms with Crippen molar-refractivity contribution in [1.29, 1.82) is 5.26 Å². The van der Waals surface area contributed by atoms with Crippen molar-refractivity contribution in [2.45, 2.75) is 58.2 Å². The number of halogens is 1. The van der Waals surface area contributed by atoms with E-state index in [1.165, 1.54) is 17.7 Å². The lowest BCUT2D eigenvalue weighted by Crippen LogP contribution is -2.60. The summed E-state index contributed by atoms with van der Waals surface area (Å²) in [4.78, 5) is 40.7. The quantitative estimate of drug-likeness (QED) is 0.605. The van der Waals surface area contributed by atoms with Gasteiger partial charge in [-0.05, 0) is 43.9 Å². The molecule has 0 radical (unpaired) electrons. The highest BCUT2D eigenvalue weighted by Gasteiger charge is 2.51. The fourth-order valence-corrected chi connectivity index (χ4v) is 5.38. The number of aromatic nitrogens is 2. The number of methoxy groups -OCH3 is 1. The van der Waals surface area contributed by atoms with Crippen molar-refractivity contribution in [3.05, 3.63) is 44.5 Å². The zero-order chi connectivity index (χ0) is 25.8. The molecule has 0 aliphatic carbocycles. The number of aromatic hydroxyl groups is 1. The molecule has 2 amide bonds. The number of carbonyl (C=O) groups is 2. The largest absolute Gasteiger partial charge is 0.493 e. The lowest BCUT2D eigenvalue weighted by atomic mass is 9.85. The molecule has 0 spiro atoms. The molecule has 10 nitrogen and oxygen atoms in total. The first-order valence-electron chi connectivity index (χ1n) is 11.4. The van der Waals surface area contributed by atoms with Gasteiger partial charge >= 0.3 is 17.7 Å². The van der Waals surface area contributed by atoms with Gasteiger partial charge in [0.1, 0.15) is 17.3 Å². The van der Waals surface area contributed by atoms with Gasteiger partial charge in [-0.25, -0.2) is 19.0 Å². The van der Waals surface area contributed by atoms with E-state index in [0.717, 1.165) is 4.57 Å². The summed E-state index contributed by atoms with van der Waals surface area (Å²) in [6, 6.07) is 3.74. The zero-order valence-corrected chi connectivity index (χ0v) is 21.0. The van der Waals surface area contributed by atoms with Crippen LogP contribution in [0.25, 0.3) is 5.69 Å². The number of ether oxygens (including phenoxy) is 1. The number of carbonyl (C=O) groups excluding carboxylic acids is 2. The Morgan fingerprint density at radius 1 is 1.43 bits per heavy atom. The lowest BCUT2D eigenvalue weighted by molar-refractivity contribution is -0.149. The van der Waals surface area contributed by atoms with Crippen molar-refractivity contribution in [1.82, 2.24) is 19.4 Å². The Hall–Kier alpha value is -3.45. The van der Waals surface area contributed by atoms with Gasteiger partial charge in [-0.2, -0.15) is 5.26 Å². The summed E-state index contributed by atoms with van der Waals surface area (Å²) in [5, 5.41) is 23.4. The Labute approximate surface area is 207 Å². The Bertz CT molecular complexity index is 1330.